The lowest BCUT2D eigenvalue weighted by Gasteiger charge is -2.32. The summed E-state index contributed by atoms with van der Waals surface area (Å²) in [5, 5.41) is 0. The van der Waals surface area contributed by atoms with E-state index < -0.39 is 0 Å². The number of hydrogen-bond acceptors (Lipinski definition) is 3. The molecule has 0 atom stereocenters. The van der Waals surface area contributed by atoms with Crippen LogP contribution >= 0.6 is 0 Å². The molecule has 1 aliphatic heterocycles. The van der Waals surface area contributed by atoms with Crippen molar-refractivity contribution < 1.29 is 9.18 Å². The third-order valence-electron chi connectivity index (χ3n) is 4.66. The molecule has 122 valence electrons. The van der Waals surface area contributed by atoms with Crippen LogP contribution < -0.4 is 0 Å². The fourth-order valence-corrected chi connectivity index (χ4v) is 3.31. The highest BCUT2D eigenvalue weighted by atomic mass is 19.1. The van der Waals surface area contributed by atoms with Crippen molar-refractivity contribution in [3.63, 3.8) is 0 Å². The summed E-state index contributed by atoms with van der Waals surface area (Å²) in [6, 6.07) is 6.68. The minimum Gasteiger partial charge on any atom is -0.337 e. The van der Waals surface area contributed by atoms with E-state index >= 15 is 0 Å². The molecule has 3 heterocycles. The van der Waals surface area contributed by atoms with Crippen molar-refractivity contribution in [2.75, 3.05) is 13.1 Å². The lowest BCUT2D eigenvalue weighted by Crippen LogP contribution is -2.38. The molecule has 1 amide bonds. The molecule has 5 nitrogen and oxygen atoms in total. The van der Waals surface area contributed by atoms with E-state index in [9.17, 15) is 9.18 Å². The number of halogens is 1. The van der Waals surface area contributed by atoms with Crippen LogP contribution in [-0.2, 0) is 0 Å². The van der Waals surface area contributed by atoms with Gasteiger partial charge in [-0.1, -0.05) is 12.1 Å². The lowest BCUT2D eigenvalue weighted by atomic mass is 9.89. The number of imidazole rings is 1. The molecule has 2 aromatic heterocycles. The normalized spacial score (nSPS) is 15.8. The molecule has 1 aliphatic rings. The summed E-state index contributed by atoms with van der Waals surface area (Å²) in [6.45, 7) is 1.39. The van der Waals surface area contributed by atoms with Gasteiger partial charge in [-0.25, -0.2) is 9.37 Å². The molecule has 1 saturated heterocycles. The first-order chi connectivity index (χ1) is 11.7. The van der Waals surface area contributed by atoms with Gasteiger partial charge in [0.05, 0.1) is 12.4 Å². The molecule has 0 spiro atoms. The van der Waals surface area contributed by atoms with Gasteiger partial charge in [0.15, 0.2) is 5.65 Å². The van der Waals surface area contributed by atoms with E-state index in [0.717, 1.165) is 18.4 Å². The summed E-state index contributed by atoms with van der Waals surface area (Å²) in [5.74, 6) is 0.153. The summed E-state index contributed by atoms with van der Waals surface area (Å²) in [6.07, 6.45) is 8.40. The summed E-state index contributed by atoms with van der Waals surface area (Å²) < 4.78 is 14.8. The Morgan fingerprint density at radius 2 is 1.88 bits per heavy atom. The number of piperidine rings is 1. The van der Waals surface area contributed by atoms with Crippen LogP contribution in [0.5, 0.6) is 0 Å². The predicted octanol–water partition coefficient (Wildman–Crippen LogP) is 2.89. The Morgan fingerprint density at radius 3 is 2.62 bits per heavy atom. The van der Waals surface area contributed by atoms with E-state index in [1.54, 1.807) is 29.2 Å². The quantitative estimate of drug-likeness (QED) is 0.728. The molecule has 6 heteroatoms. The Hall–Kier alpha value is -2.76. The van der Waals surface area contributed by atoms with Gasteiger partial charge in [-0.2, -0.15) is 0 Å². The van der Waals surface area contributed by atoms with Gasteiger partial charge >= 0.3 is 0 Å². The lowest BCUT2D eigenvalue weighted by molar-refractivity contribution is 0.0706. The molecule has 0 bridgehead atoms. The third kappa shape index (κ3) is 2.64. The van der Waals surface area contributed by atoms with Gasteiger partial charge in [-0.05, 0) is 36.5 Å². The summed E-state index contributed by atoms with van der Waals surface area (Å²) >= 11 is 0. The maximum Gasteiger partial charge on any atom is 0.272 e. The highest BCUT2D eigenvalue weighted by Crippen LogP contribution is 2.28. The second-order valence-electron chi connectivity index (χ2n) is 6.07. The van der Waals surface area contributed by atoms with Crippen LogP contribution in [0, 0.1) is 5.82 Å². The van der Waals surface area contributed by atoms with Crippen molar-refractivity contribution >= 4 is 11.6 Å². The molecule has 1 fully saturated rings. The molecule has 1 aromatic carbocycles. The number of carbonyl (C=O) groups excluding carboxylic acids is 1. The van der Waals surface area contributed by atoms with Gasteiger partial charge in [0.1, 0.15) is 11.5 Å². The van der Waals surface area contributed by atoms with Gasteiger partial charge in [-0.15, -0.1) is 0 Å². The maximum absolute atomic E-state index is 13.0. The fraction of sp³-hybridized carbons (Fsp3) is 0.278. The number of hydrogen-bond donors (Lipinski definition) is 0. The van der Waals surface area contributed by atoms with Crippen LogP contribution in [0.4, 0.5) is 4.39 Å². The average Bonchev–Trinajstić information content (AvgIpc) is 3.06. The molecule has 0 unspecified atom stereocenters. The van der Waals surface area contributed by atoms with Gasteiger partial charge in [0.2, 0.25) is 0 Å². The summed E-state index contributed by atoms with van der Waals surface area (Å²) in [5.41, 5.74) is 2.37. The van der Waals surface area contributed by atoms with Crippen molar-refractivity contribution in [1.29, 1.82) is 0 Å². The molecular formula is C18H17FN4O. The van der Waals surface area contributed by atoms with Gasteiger partial charge in [0, 0.05) is 25.5 Å². The largest absolute Gasteiger partial charge is 0.337 e. The molecule has 24 heavy (non-hydrogen) atoms. The number of fused-ring (bicyclic) bond motifs is 1. The second kappa shape index (κ2) is 6.03. The third-order valence-corrected chi connectivity index (χ3v) is 4.66. The molecule has 0 aliphatic carbocycles. The first-order valence-corrected chi connectivity index (χ1v) is 8.04. The van der Waals surface area contributed by atoms with Crippen LogP contribution in [0.3, 0.4) is 0 Å². The van der Waals surface area contributed by atoms with E-state index in [4.69, 9.17) is 0 Å². The smallest absolute Gasteiger partial charge is 0.272 e. The van der Waals surface area contributed by atoms with Crippen LogP contribution in [0.15, 0.2) is 49.1 Å². The Balaban J connectivity index is 1.47. The standard InChI is InChI=1S/C18H17FN4O/c19-15-3-1-13(2-4-15)14-5-8-22(9-6-14)18(24)16-11-21-17-12-20-7-10-23(16)17/h1-4,7,10-12,14H,5-6,8-9H2. The number of aromatic nitrogens is 3. The fourth-order valence-electron chi connectivity index (χ4n) is 3.31. The molecular weight excluding hydrogens is 307 g/mol. The van der Waals surface area contributed by atoms with E-state index in [1.807, 2.05) is 17.0 Å². The highest BCUT2D eigenvalue weighted by Gasteiger charge is 2.26. The molecule has 3 aromatic rings. The topological polar surface area (TPSA) is 50.5 Å². The summed E-state index contributed by atoms with van der Waals surface area (Å²) in [7, 11) is 0. The van der Waals surface area contributed by atoms with E-state index in [1.165, 1.54) is 12.1 Å². The van der Waals surface area contributed by atoms with Gasteiger partial charge in [0.25, 0.3) is 5.91 Å². The van der Waals surface area contributed by atoms with Crippen molar-refractivity contribution in [3.05, 3.63) is 66.1 Å². The van der Waals surface area contributed by atoms with Crippen LogP contribution in [0.25, 0.3) is 5.65 Å². The number of rotatable bonds is 2. The number of benzene rings is 1. The van der Waals surface area contributed by atoms with Crippen molar-refractivity contribution in [2.45, 2.75) is 18.8 Å². The monoisotopic (exact) mass is 324 g/mol. The average molecular weight is 324 g/mol. The zero-order chi connectivity index (χ0) is 16.5. The molecule has 4 rings (SSSR count). The van der Waals surface area contributed by atoms with Crippen LogP contribution in [-0.4, -0.2) is 38.3 Å². The maximum atomic E-state index is 13.0. The first-order valence-electron chi connectivity index (χ1n) is 8.04. The second-order valence-corrected chi connectivity index (χ2v) is 6.07. The zero-order valence-corrected chi connectivity index (χ0v) is 13.1. The van der Waals surface area contributed by atoms with Crippen LogP contribution in [0.2, 0.25) is 0 Å². The summed E-state index contributed by atoms with van der Waals surface area (Å²) in [4.78, 5) is 22.9. The van der Waals surface area contributed by atoms with E-state index in [2.05, 4.69) is 9.97 Å². The number of amides is 1. The minimum atomic E-state index is -0.214. The van der Waals surface area contributed by atoms with Crippen molar-refractivity contribution in [2.24, 2.45) is 0 Å². The molecule has 0 radical (unpaired) electrons. The van der Waals surface area contributed by atoms with Gasteiger partial charge < -0.3 is 4.90 Å². The number of likely N-dealkylation sites (tertiary alicyclic amines) is 1. The van der Waals surface area contributed by atoms with Crippen molar-refractivity contribution in [3.8, 4) is 0 Å². The Morgan fingerprint density at radius 1 is 1.12 bits per heavy atom. The van der Waals surface area contributed by atoms with E-state index in [-0.39, 0.29) is 11.7 Å². The molecule has 0 saturated carbocycles. The first kappa shape index (κ1) is 14.8. The number of carbonyl (C=O) groups is 1. The van der Waals surface area contributed by atoms with E-state index in [0.29, 0.717) is 30.3 Å². The minimum absolute atomic E-state index is 0.00810. The van der Waals surface area contributed by atoms with Gasteiger partial charge in [-0.3, -0.25) is 14.2 Å². The highest BCUT2D eigenvalue weighted by molar-refractivity contribution is 5.93. The van der Waals surface area contributed by atoms with Crippen molar-refractivity contribution in [1.82, 2.24) is 19.3 Å². The SMILES string of the molecule is O=C(c1cnc2cnccn12)N1CCC(c2ccc(F)cc2)CC1. The zero-order valence-electron chi connectivity index (χ0n) is 13.1. The Kier molecular flexibility index (Phi) is 3.72. The Labute approximate surface area is 138 Å². The predicted molar refractivity (Wildman–Crippen MR) is 87.3 cm³/mol. The molecule has 0 N–H and O–H groups in total. The van der Waals surface area contributed by atoms with Crippen LogP contribution in [0.1, 0.15) is 34.8 Å². The number of nitrogens with zero attached hydrogens (tertiary/aromatic N) is 4. The Bertz CT molecular complexity index is 866.